The Kier molecular flexibility index (Phi) is 1.95. The van der Waals surface area contributed by atoms with Crippen molar-refractivity contribution in [3.05, 3.63) is 40.6 Å². The summed E-state index contributed by atoms with van der Waals surface area (Å²) in [5.41, 5.74) is 3.06. The second-order valence-electron chi connectivity index (χ2n) is 3.94. The minimum atomic E-state index is -0.152. The largest absolute Gasteiger partial charge is 0.496 e. The SMILES string of the molecule is COc1cc2[nH]c(=O)c3cncn3c2cc1C. The first-order chi connectivity index (χ1) is 8.20. The van der Waals surface area contributed by atoms with E-state index in [1.54, 1.807) is 24.0 Å². The molecule has 0 amide bonds. The Labute approximate surface area is 96.7 Å². The predicted octanol–water partition coefficient (Wildman–Crippen LogP) is 1.49. The van der Waals surface area contributed by atoms with E-state index >= 15 is 0 Å². The summed E-state index contributed by atoms with van der Waals surface area (Å²) in [5, 5.41) is 0. The van der Waals surface area contributed by atoms with Crippen molar-refractivity contribution in [3.63, 3.8) is 0 Å². The highest BCUT2D eigenvalue weighted by Gasteiger charge is 2.08. The zero-order chi connectivity index (χ0) is 12.0. The van der Waals surface area contributed by atoms with E-state index in [0.717, 1.165) is 22.3 Å². The number of hydrogen-bond acceptors (Lipinski definition) is 3. The quantitative estimate of drug-likeness (QED) is 0.687. The van der Waals surface area contributed by atoms with Gasteiger partial charge >= 0.3 is 0 Å². The van der Waals surface area contributed by atoms with Gasteiger partial charge in [0, 0.05) is 6.07 Å². The number of aromatic nitrogens is 3. The van der Waals surface area contributed by atoms with E-state index < -0.39 is 0 Å². The number of aryl methyl sites for hydroxylation is 1. The van der Waals surface area contributed by atoms with E-state index in [2.05, 4.69) is 9.97 Å². The molecule has 5 nitrogen and oxygen atoms in total. The summed E-state index contributed by atoms with van der Waals surface area (Å²) in [6.07, 6.45) is 3.19. The van der Waals surface area contributed by atoms with E-state index in [-0.39, 0.29) is 5.56 Å². The van der Waals surface area contributed by atoms with Gasteiger partial charge in [0.2, 0.25) is 0 Å². The van der Waals surface area contributed by atoms with Gasteiger partial charge in [-0.2, -0.15) is 0 Å². The van der Waals surface area contributed by atoms with Gasteiger partial charge in [-0.1, -0.05) is 0 Å². The van der Waals surface area contributed by atoms with Crippen LogP contribution in [-0.4, -0.2) is 21.5 Å². The van der Waals surface area contributed by atoms with Crippen molar-refractivity contribution in [1.82, 2.24) is 14.4 Å². The normalized spacial score (nSPS) is 11.2. The standard InChI is InChI=1S/C12H11N3O2/c1-7-3-9-8(4-11(7)17-2)14-12(16)10-5-13-6-15(9)10/h3-6H,1-2H3,(H,14,16). The zero-order valence-corrected chi connectivity index (χ0v) is 9.52. The Morgan fingerprint density at radius 1 is 1.35 bits per heavy atom. The second-order valence-corrected chi connectivity index (χ2v) is 3.94. The molecule has 86 valence electrons. The van der Waals surface area contributed by atoms with E-state index in [0.29, 0.717) is 5.52 Å². The molecular formula is C12H11N3O2. The zero-order valence-electron chi connectivity index (χ0n) is 9.52. The van der Waals surface area contributed by atoms with Crippen molar-refractivity contribution >= 4 is 16.6 Å². The predicted molar refractivity (Wildman–Crippen MR) is 64.6 cm³/mol. The molecule has 0 radical (unpaired) electrons. The lowest BCUT2D eigenvalue weighted by Gasteiger charge is -2.08. The van der Waals surface area contributed by atoms with E-state index in [4.69, 9.17) is 4.74 Å². The molecule has 0 saturated heterocycles. The molecule has 0 aliphatic carbocycles. The van der Waals surface area contributed by atoms with Gasteiger partial charge in [-0.05, 0) is 18.6 Å². The van der Waals surface area contributed by atoms with Gasteiger partial charge in [-0.25, -0.2) is 4.98 Å². The smallest absolute Gasteiger partial charge is 0.274 e. The highest BCUT2D eigenvalue weighted by atomic mass is 16.5. The average molecular weight is 229 g/mol. The molecule has 5 heteroatoms. The fourth-order valence-electron chi connectivity index (χ4n) is 2.03. The Morgan fingerprint density at radius 3 is 2.94 bits per heavy atom. The van der Waals surface area contributed by atoms with Crippen molar-refractivity contribution in [2.24, 2.45) is 0 Å². The molecule has 17 heavy (non-hydrogen) atoms. The van der Waals surface area contributed by atoms with Gasteiger partial charge in [0.15, 0.2) is 0 Å². The molecule has 3 aromatic rings. The lowest BCUT2D eigenvalue weighted by molar-refractivity contribution is 0.412. The number of H-pyrrole nitrogens is 1. The Balaban J connectivity index is 2.55. The number of nitrogens with zero attached hydrogens (tertiary/aromatic N) is 2. The fraction of sp³-hybridized carbons (Fsp3) is 0.167. The number of aromatic amines is 1. The lowest BCUT2D eigenvalue weighted by atomic mass is 10.2. The summed E-state index contributed by atoms with van der Waals surface area (Å²) in [7, 11) is 1.61. The van der Waals surface area contributed by atoms with Gasteiger partial charge in [0.1, 0.15) is 11.3 Å². The summed E-state index contributed by atoms with van der Waals surface area (Å²) in [5.74, 6) is 0.757. The minimum Gasteiger partial charge on any atom is -0.496 e. The Hall–Kier alpha value is -2.30. The monoisotopic (exact) mass is 229 g/mol. The lowest BCUT2D eigenvalue weighted by Crippen LogP contribution is -2.09. The maximum atomic E-state index is 11.8. The van der Waals surface area contributed by atoms with Crippen molar-refractivity contribution < 1.29 is 4.74 Å². The molecule has 2 heterocycles. The van der Waals surface area contributed by atoms with Crippen LogP contribution in [-0.2, 0) is 0 Å². The van der Waals surface area contributed by atoms with Crippen LogP contribution in [0.2, 0.25) is 0 Å². The molecule has 0 aliphatic rings. The van der Waals surface area contributed by atoms with Gasteiger partial charge < -0.3 is 9.72 Å². The first-order valence-electron chi connectivity index (χ1n) is 5.23. The molecule has 1 N–H and O–H groups in total. The van der Waals surface area contributed by atoms with E-state index in [1.807, 2.05) is 19.1 Å². The first-order valence-corrected chi connectivity index (χ1v) is 5.23. The van der Waals surface area contributed by atoms with Crippen LogP contribution in [0.4, 0.5) is 0 Å². The van der Waals surface area contributed by atoms with Gasteiger partial charge in [0.05, 0.1) is 30.7 Å². The van der Waals surface area contributed by atoms with Gasteiger partial charge in [-0.15, -0.1) is 0 Å². The third kappa shape index (κ3) is 1.32. The molecule has 2 aromatic heterocycles. The molecular weight excluding hydrogens is 218 g/mol. The van der Waals surface area contributed by atoms with Crippen LogP contribution in [0, 0.1) is 6.92 Å². The van der Waals surface area contributed by atoms with Crippen molar-refractivity contribution in [1.29, 1.82) is 0 Å². The van der Waals surface area contributed by atoms with Crippen LogP contribution < -0.4 is 10.3 Å². The number of imidazole rings is 1. The maximum absolute atomic E-state index is 11.8. The van der Waals surface area contributed by atoms with Gasteiger partial charge in [-0.3, -0.25) is 9.20 Å². The van der Waals surface area contributed by atoms with Crippen molar-refractivity contribution in [2.75, 3.05) is 7.11 Å². The summed E-state index contributed by atoms with van der Waals surface area (Å²) in [6, 6.07) is 3.80. The number of benzene rings is 1. The average Bonchev–Trinajstić information content (AvgIpc) is 2.79. The molecule has 0 unspecified atom stereocenters. The van der Waals surface area contributed by atoms with E-state index in [1.165, 1.54) is 0 Å². The second kappa shape index (κ2) is 3.35. The summed E-state index contributed by atoms with van der Waals surface area (Å²) < 4.78 is 7.02. The third-order valence-corrected chi connectivity index (χ3v) is 2.89. The molecule has 3 rings (SSSR count). The summed E-state index contributed by atoms with van der Waals surface area (Å²) in [6.45, 7) is 1.96. The van der Waals surface area contributed by atoms with Crippen molar-refractivity contribution in [2.45, 2.75) is 6.92 Å². The van der Waals surface area contributed by atoms with Gasteiger partial charge in [0.25, 0.3) is 5.56 Å². The number of rotatable bonds is 1. The number of methoxy groups -OCH3 is 1. The molecule has 0 bridgehead atoms. The minimum absolute atomic E-state index is 0.152. The van der Waals surface area contributed by atoms with Crippen LogP contribution in [0.15, 0.2) is 29.5 Å². The Bertz CT molecular complexity index is 770. The summed E-state index contributed by atoms with van der Waals surface area (Å²) >= 11 is 0. The topological polar surface area (TPSA) is 59.4 Å². The van der Waals surface area contributed by atoms with Crippen LogP contribution in [0.25, 0.3) is 16.6 Å². The van der Waals surface area contributed by atoms with Crippen LogP contribution in [0.3, 0.4) is 0 Å². The van der Waals surface area contributed by atoms with Crippen LogP contribution in [0.5, 0.6) is 5.75 Å². The fourth-order valence-corrected chi connectivity index (χ4v) is 2.03. The van der Waals surface area contributed by atoms with Crippen LogP contribution in [0.1, 0.15) is 5.56 Å². The maximum Gasteiger partial charge on any atom is 0.274 e. The number of hydrogen-bond donors (Lipinski definition) is 1. The summed E-state index contributed by atoms with van der Waals surface area (Å²) in [4.78, 5) is 18.6. The first kappa shape index (κ1) is 9.89. The molecule has 0 fully saturated rings. The highest BCUT2D eigenvalue weighted by Crippen LogP contribution is 2.23. The number of fused-ring (bicyclic) bond motifs is 3. The van der Waals surface area contributed by atoms with Crippen LogP contribution >= 0.6 is 0 Å². The van der Waals surface area contributed by atoms with E-state index in [9.17, 15) is 4.79 Å². The molecule has 1 aromatic carbocycles. The number of ether oxygens (including phenoxy) is 1. The molecule has 0 saturated carbocycles. The molecule has 0 spiro atoms. The number of nitrogens with one attached hydrogen (secondary N) is 1. The highest BCUT2D eigenvalue weighted by molar-refractivity contribution is 5.80. The Morgan fingerprint density at radius 2 is 2.18 bits per heavy atom. The molecule has 0 aliphatic heterocycles. The van der Waals surface area contributed by atoms with Crippen molar-refractivity contribution in [3.8, 4) is 5.75 Å². The molecule has 0 atom stereocenters. The third-order valence-electron chi connectivity index (χ3n) is 2.89.